The van der Waals surface area contributed by atoms with Gasteiger partial charge in [0.2, 0.25) is 0 Å². The second-order valence-corrected chi connectivity index (χ2v) is 8.14. The molecule has 0 aliphatic carbocycles. The van der Waals surface area contributed by atoms with Gasteiger partial charge in [-0.05, 0) is 37.6 Å². The van der Waals surface area contributed by atoms with Crippen LogP contribution in [0.3, 0.4) is 0 Å². The van der Waals surface area contributed by atoms with Gasteiger partial charge in [0.25, 0.3) is 5.91 Å². The van der Waals surface area contributed by atoms with Gasteiger partial charge in [0.1, 0.15) is 0 Å². The van der Waals surface area contributed by atoms with Gasteiger partial charge in [-0.1, -0.05) is 55.0 Å². The highest BCUT2D eigenvalue weighted by molar-refractivity contribution is 6.09. The van der Waals surface area contributed by atoms with Crippen LogP contribution in [-0.2, 0) is 24.7 Å². The molecule has 1 saturated heterocycles. The van der Waals surface area contributed by atoms with Crippen LogP contribution in [0.1, 0.15) is 30.4 Å². The van der Waals surface area contributed by atoms with Crippen molar-refractivity contribution in [1.82, 2.24) is 4.90 Å². The first-order valence-electron chi connectivity index (χ1n) is 11.3. The third-order valence-electron chi connectivity index (χ3n) is 6.06. The van der Waals surface area contributed by atoms with Gasteiger partial charge in [-0.25, -0.2) is 9.59 Å². The molecule has 1 atom stereocenters. The van der Waals surface area contributed by atoms with E-state index in [-0.39, 0.29) is 5.91 Å². The summed E-state index contributed by atoms with van der Waals surface area (Å²) >= 11 is 0. The van der Waals surface area contributed by atoms with Crippen molar-refractivity contribution in [3.8, 4) is 0 Å². The van der Waals surface area contributed by atoms with E-state index < -0.39 is 17.5 Å². The van der Waals surface area contributed by atoms with E-state index in [9.17, 15) is 14.4 Å². The minimum Gasteiger partial charge on any atom is -0.478 e. The largest absolute Gasteiger partial charge is 0.478 e. The number of anilines is 1. The number of carboxylic acid groups (broad SMARTS) is 2. The lowest BCUT2D eigenvalue weighted by Gasteiger charge is -2.30. The van der Waals surface area contributed by atoms with E-state index >= 15 is 0 Å². The second kappa shape index (κ2) is 11.6. The van der Waals surface area contributed by atoms with Crippen LogP contribution >= 0.6 is 0 Å². The lowest BCUT2D eigenvalue weighted by molar-refractivity contribution is -0.135. The summed E-state index contributed by atoms with van der Waals surface area (Å²) in [5.41, 5.74) is 1.76. The summed E-state index contributed by atoms with van der Waals surface area (Å²) in [6.45, 7) is 3.89. The van der Waals surface area contributed by atoms with E-state index in [0.29, 0.717) is 18.7 Å². The molecule has 0 saturated carbocycles. The van der Waals surface area contributed by atoms with E-state index in [1.165, 1.54) is 19.3 Å². The summed E-state index contributed by atoms with van der Waals surface area (Å²) in [5, 5.41) is 15.6. The predicted octanol–water partition coefficient (Wildman–Crippen LogP) is 3.12. The van der Waals surface area contributed by atoms with Gasteiger partial charge in [0, 0.05) is 37.9 Å². The molecule has 1 amide bonds. The fourth-order valence-corrected chi connectivity index (χ4v) is 4.48. The molecule has 0 radical (unpaired) electrons. The maximum atomic E-state index is 13.6. The van der Waals surface area contributed by atoms with Crippen molar-refractivity contribution >= 4 is 23.5 Å². The van der Waals surface area contributed by atoms with E-state index in [1.807, 2.05) is 59.5 Å². The van der Waals surface area contributed by atoms with Crippen LogP contribution in [0.15, 0.2) is 66.7 Å². The highest BCUT2D eigenvalue weighted by Gasteiger charge is 2.52. The number of aliphatic carboxylic acids is 2. The number of ether oxygens (including phenoxy) is 1. The molecule has 4 rings (SSSR count). The number of carbonyl (C=O) groups excluding carboxylic acids is 1. The maximum absolute atomic E-state index is 13.6. The molecule has 0 spiro atoms. The van der Waals surface area contributed by atoms with Gasteiger partial charge in [-0.2, -0.15) is 0 Å². The molecule has 8 heteroatoms. The second-order valence-electron chi connectivity index (χ2n) is 8.14. The average molecular weight is 467 g/mol. The molecule has 1 unspecified atom stereocenters. The minimum atomic E-state index is -1.26. The Morgan fingerprint density at radius 2 is 1.50 bits per heavy atom. The number of fused-ring (bicyclic) bond motifs is 1. The van der Waals surface area contributed by atoms with Crippen LogP contribution in [0.4, 0.5) is 5.69 Å². The Kier molecular flexibility index (Phi) is 8.56. The molecular weight excluding hydrogens is 436 g/mol. The highest BCUT2D eigenvalue weighted by atomic mass is 16.5. The first kappa shape index (κ1) is 25.1. The first-order valence-corrected chi connectivity index (χ1v) is 11.3. The molecule has 2 aliphatic heterocycles. The van der Waals surface area contributed by atoms with Crippen molar-refractivity contribution in [1.29, 1.82) is 0 Å². The zero-order chi connectivity index (χ0) is 24.6. The molecule has 2 N–H and O–H groups in total. The molecule has 34 heavy (non-hydrogen) atoms. The lowest BCUT2D eigenvalue weighted by Crippen LogP contribution is -2.45. The number of nitrogens with zero attached hydrogens (tertiary/aromatic N) is 2. The maximum Gasteiger partial charge on any atom is 0.328 e. The normalized spacial score (nSPS) is 20.0. The summed E-state index contributed by atoms with van der Waals surface area (Å²) in [6.07, 6.45) is 4.96. The fraction of sp³-hybridized carbons (Fsp3) is 0.346. The molecule has 8 nitrogen and oxygen atoms in total. The van der Waals surface area contributed by atoms with E-state index in [2.05, 4.69) is 4.90 Å². The van der Waals surface area contributed by atoms with E-state index in [0.717, 1.165) is 36.4 Å². The monoisotopic (exact) mass is 466 g/mol. The Hall–Kier alpha value is -3.49. The van der Waals surface area contributed by atoms with Gasteiger partial charge < -0.3 is 24.7 Å². The van der Waals surface area contributed by atoms with Crippen LogP contribution in [-0.4, -0.2) is 66.2 Å². The predicted molar refractivity (Wildman–Crippen MR) is 128 cm³/mol. The van der Waals surface area contributed by atoms with Crippen molar-refractivity contribution in [3.05, 3.63) is 77.9 Å². The Morgan fingerprint density at radius 3 is 2.09 bits per heavy atom. The summed E-state index contributed by atoms with van der Waals surface area (Å²) < 4.78 is 5.94. The number of hydrogen-bond acceptors (Lipinski definition) is 5. The molecule has 0 bridgehead atoms. The molecule has 2 heterocycles. The third-order valence-corrected chi connectivity index (χ3v) is 6.06. The van der Waals surface area contributed by atoms with Crippen LogP contribution in [0.2, 0.25) is 0 Å². The smallest absolute Gasteiger partial charge is 0.328 e. The summed E-state index contributed by atoms with van der Waals surface area (Å²) in [5.74, 6) is -2.50. The number of carbonyl (C=O) groups is 3. The standard InChI is InChI=1S/C22H26N2O2.C4H4O4/c1-26-22(18-10-4-2-5-11-18)19-12-6-7-13-20(19)24(21(22)25)17-16-23-14-8-3-9-15-23;5-3(6)1-2-4(7)8/h2,4-7,10-13H,3,8-9,14-17H2,1H3;1-2H,(H,5,6)(H,7,8)/b;2-1+. The van der Waals surface area contributed by atoms with Crippen molar-refractivity contribution in [2.45, 2.75) is 24.9 Å². The topological polar surface area (TPSA) is 107 Å². The molecular formula is C26H30N2O6. The number of rotatable bonds is 7. The summed E-state index contributed by atoms with van der Waals surface area (Å²) in [7, 11) is 1.63. The summed E-state index contributed by atoms with van der Waals surface area (Å²) in [4.78, 5) is 37.1. The van der Waals surface area contributed by atoms with Gasteiger partial charge in [-0.15, -0.1) is 0 Å². The number of methoxy groups -OCH3 is 1. The van der Waals surface area contributed by atoms with Gasteiger partial charge in [0.15, 0.2) is 5.60 Å². The quantitative estimate of drug-likeness (QED) is 0.604. The number of benzene rings is 2. The number of carboxylic acids is 2. The zero-order valence-electron chi connectivity index (χ0n) is 19.2. The van der Waals surface area contributed by atoms with Crippen LogP contribution in [0.5, 0.6) is 0 Å². The Labute approximate surface area is 199 Å². The van der Waals surface area contributed by atoms with Gasteiger partial charge in [-0.3, -0.25) is 4.79 Å². The number of hydrogen-bond donors (Lipinski definition) is 2. The fourth-order valence-electron chi connectivity index (χ4n) is 4.48. The molecule has 0 aromatic heterocycles. The third kappa shape index (κ3) is 5.52. The molecule has 180 valence electrons. The average Bonchev–Trinajstić information content (AvgIpc) is 3.11. The lowest BCUT2D eigenvalue weighted by atomic mass is 9.87. The SMILES string of the molecule is COC1(c2ccccc2)C(=O)N(CCN2CCCCC2)c2ccccc21.O=C(O)/C=C/C(=O)O. The van der Waals surface area contributed by atoms with Crippen LogP contribution in [0.25, 0.3) is 0 Å². The van der Waals surface area contributed by atoms with E-state index in [1.54, 1.807) is 7.11 Å². The van der Waals surface area contributed by atoms with Crippen LogP contribution in [0, 0.1) is 0 Å². The molecule has 2 aliphatic rings. The zero-order valence-corrected chi connectivity index (χ0v) is 19.2. The number of para-hydroxylation sites is 1. The van der Waals surface area contributed by atoms with Crippen molar-refractivity contribution in [3.63, 3.8) is 0 Å². The minimum absolute atomic E-state index is 0.0180. The summed E-state index contributed by atoms with van der Waals surface area (Å²) in [6, 6.07) is 17.9. The highest BCUT2D eigenvalue weighted by Crippen LogP contribution is 2.46. The Morgan fingerprint density at radius 1 is 0.912 bits per heavy atom. The molecule has 1 fully saturated rings. The Balaban J connectivity index is 0.000000350. The van der Waals surface area contributed by atoms with Crippen molar-refractivity contribution in [2.75, 3.05) is 38.2 Å². The Bertz CT molecular complexity index is 1020. The van der Waals surface area contributed by atoms with Gasteiger partial charge >= 0.3 is 11.9 Å². The van der Waals surface area contributed by atoms with Crippen molar-refractivity contribution < 1.29 is 29.3 Å². The van der Waals surface area contributed by atoms with Gasteiger partial charge in [0.05, 0.1) is 5.69 Å². The van der Waals surface area contributed by atoms with Crippen molar-refractivity contribution in [2.24, 2.45) is 0 Å². The molecule has 2 aromatic rings. The van der Waals surface area contributed by atoms with Crippen LogP contribution < -0.4 is 4.90 Å². The first-order chi connectivity index (χ1) is 16.4. The number of likely N-dealkylation sites (tertiary alicyclic amines) is 1. The number of piperidine rings is 1. The van der Waals surface area contributed by atoms with E-state index in [4.69, 9.17) is 14.9 Å². The molecule has 2 aromatic carbocycles. The number of amides is 1.